The van der Waals surface area contributed by atoms with Gasteiger partial charge in [-0.05, 0) is 31.2 Å². The number of nitrogens with one attached hydrogen (secondary N) is 1. The monoisotopic (exact) mass is 285 g/mol. The zero-order chi connectivity index (χ0) is 14.3. The number of pyridine rings is 1. The summed E-state index contributed by atoms with van der Waals surface area (Å²) >= 11 is 5.99. The van der Waals surface area contributed by atoms with E-state index in [4.69, 9.17) is 22.7 Å². The molecule has 2 aromatic heterocycles. The predicted molar refractivity (Wildman–Crippen MR) is 79.2 cm³/mol. The number of nitrogens with two attached hydrogens (primary N) is 1. The largest absolute Gasteiger partial charge is 0.384 e. The molecule has 0 aliphatic heterocycles. The van der Waals surface area contributed by atoms with Gasteiger partial charge >= 0.3 is 0 Å². The Bertz CT molecular complexity index is 822. The van der Waals surface area contributed by atoms with Crippen molar-refractivity contribution in [3.8, 4) is 11.4 Å². The van der Waals surface area contributed by atoms with Crippen molar-refractivity contribution in [1.29, 1.82) is 5.41 Å². The van der Waals surface area contributed by atoms with Crippen molar-refractivity contribution < 1.29 is 0 Å². The van der Waals surface area contributed by atoms with E-state index in [2.05, 4.69) is 10.1 Å². The Morgan fingerprint density at radius 3 is 2.80 bits per heavy atom. The fourth-order valence-electron chi connectivity index (χ4n) is 2.04. The maximum atomic E-state index is 7.61. The molecular formula is C14H12ClN5. The van der Waals surface area contributed by atoms with Crippen LogP contribution in [0.2, 0.25) is 5.02 Å². The second-order valence-electron chi connectivity index (χ2n) is 4.48. The van der Waals surface area contributed by atoms with Gasteiger partial charge < -0.3 is 5.73 Å². The summed E-state index contributed by atoms with van der Waals surface area (Å²) < 4.78 is 1.69. The van der Waals surface area contributed by atoms with E-state index in [-0.39, 0.29) is 5.84 Å². The number of aryl methyl sites for hydroxylation is 1. The first-order chi connectivity index (χ1) is 9.56. The Morgan fingerprint density at radius 2 is 2.10 bits per heavy atom. The van der Waals surface area contributed by atoms with Gasteiger partial charge in [-0.3, -0.25) is 5.41 Å². The highest BCUT2D eigenvalue weighted by molar-refractivity contribution is 6.30. The lowest BCUT2D eigenvalue weighted by Gasteiger charge is -2.02. The number of halogens is 1. The molecule has 0 amide bonds. The number of hydrogen-bond donors (Lipinski definition) is 2. The molecule has 3 aromatic rings. The molecule has 2 heterocycles. The molecule has 3 rings (SSSR count). The van der Waals surface area contributed by atoms with Gasteiger partial charge in [0.15, 0.2) is 11.5 Å². The number of nitrogens with zero attached hydrogens (tertiary/aromatic N) is 3. The molecule has 0 spiro atoms. The topological polar surface area (TPSA) is 80.1 Å². The summed E-state index contributed by atoms with van der Waals surface area (Å²) in [5, 5.41) is 12.7. The molecule has 0 aliphatic rings. The molecular weight excluding hydrogens is 274 g/mol. The van der Waals surface area contributed by atoms with Crippen molar-refractivity contribution in [2.24, 2.45) is 5.73 Å². The van der Waals surface area contributed by atoms with Crippen LogP contribution in [-0.2, 0) is 0 Å². The highest BCUT2D eigenvalue weighted by Gasteiger charge is 2.13. The number of aromatic nitrogens is 3. The van der Waals surface area contributed by atoms with Crippen LogP contribution in [0.25, 0.3) is 17.0 Å². The van der Waals surface area contributed by atoms with Gasteiger partial charge in [-0.25, -0.2) is 9.50 Å². The van der Waals surface area contributed by atoms with Gasteiger partial charge in [0, 0.05) is 16.3 Å². The molecule has 5 nitrogen and oxygen atoms in total. The molecule has 20 heavy (non-hydrogen) atoms. The summed E-state index contributed by atoms with van der Waals surface area (Å²) in [6.07, 6.45) is 0. The fraction of sp³-hybridized carbons (Fsp3) is 0.0714. The SMILES string of the molecule is Cc1ccc(C(=N)N)c2nc(-c3cccc(Cl)c3)nn12. The lowest BCUT2D eigenvalue weighted by Crippen LogP contribution is -2.13. The van der Waals surface area contributed by atoms with Crippen LogP contribution in [0.5, 0.6) is 0 Å². The van der Waals surface area contributed by atoms with Crippen molar-refractivity contribution >= 4 is 23.1 Å². The lowest BCUT2D eigenvalue weighted by molar-refractivity contribution is 0.917. The van der Waals surface area contributed by atoms with Gasteiger partial charge in [-0.1, -0.05) is 23.7 Å². The van der Waals surface area contributed by atoms with Gasteiger partial charge in [-0.15, -0.1) is 5.10 Å². The Hall–Kier alpha value is -2.40. The molecule has 0 saturated heterocycles. The Balaban J connectivity index is 2.27. The maximum Gasteiger partial charge on any atom is 0.182 e. The first kappa shape index (κ1) is 12.6. The van der Waals surface area contributed by atoms with E-state index in [1.807, 2.05) is 25.1 Å². The molecule has 0 saturated carbocycles. The summed E-state index contributed by atoms with van der Waals surface area (Å²) in [6.45, 7) is 1.92. The molecule has 0 unspecified atom stereocenters. The molecule has 0 radical (unpaired) electrons. The van der Waals surface area contributed by atoms with E-state index in [0.29, 0.717) is 22.1 Å². The smallest absolute Gasteiger partial charge is 0.182 e. The van der Waals surface area contributed by atoms with Crippen LogP contribution in [0.4, 0.5) is 0 Å². The molecule has 0 atom stereocenters. The lowest BCUT2D eigenvalue weighted by atomic mass is 10.2. The molecule has 0 fully saturated rings. The third-order valence-electron chi connectivity index (χ3n) is 3.05. The van der Waals surface area contributed by atoms with Crippen LogP contribution < -0.4 is 5.73 Å². The number of fused-ring (bicyclic) bond motifs is 1. The Labute approximate surface area is 120 Å². The van der Waals surface area contributed by atoms with Crippen LogP contribution >= 0.6 is 11.6 Å². The van der Waals surface area contributed by atoms with Crippen molar-refractivity contribution in [2.45, 2.75) is 6.92 Å². The molecule has 0 bridgehead atoms. The van der Waals surface area contributed by atoms with Crippen LogP contribution in [0, 0.1) is 12.3 Å². The van der Waals surface area contributed by atoms with Crippen LogP contribution in [0.3, 0.4) is 0 Å². The van der Waals surface area contributed by atoms with Crippen LogP contribution in [0.1, 0.15) is 11.3 Å². The van der Waals surface area contributed by atoms with Crippen molar-refractivity contribution in [1.82, 2.24) is 14.6 Å². The first-order valence-electron chi connectivity index (χ1n) is 6.03. The minimum absolute atomic E-state index is 0.0277. The average molecular weight is 286 g/mol. The summed E-state index contributed by atoms with van der Waals surface area (Å²) in [4.78, 5) is 4.48. The van der Waals surface area contributed by atoms with E-state index >= 15 is 0 Å². The molecule has 6 heteroatoms. The van der Waals surface area contributed by atoms with E-state index < -0.39 is 0 Å². The summed E-state index contributed by atoms with van der Waals surface area (Å²) in [6, 6.07) is 11.0. The van der Waals surface area contributed by atoms with E-state index in [1.54, 1.807) is 22.7 Å². The van der Waals surface area contributed by atoms with Gasteiger partial charge in [-0.2, -0.15) is 0 Å². The minimum Gasteiger partial charge on any atom is -0.384 e. The number of benzene rings is 1. The maximum absolute atomic E-state index is 7.61. The van der Waals surface area contributed by atoms with Gasteiger partial charge in [0.2, 0.25) is 0 Å². The minimum atomic E-state index is -0.0277. The van der Waals surface area contributed by atoms with Gasteiger partial charge in [0.05, 0.1) is 5.56 Å². The zero-order valence-electron chi connectivity index (χ0n) is 10.8. The predicted octanol–water partition coefficient (Wildman–Crippen LogP) is 2.64. The summed E-state index contributed by atoms with van der Waals surface area (Å²) in [5.74, 6) is 0.532. The summed E-state index contributed by atoms with van der Waals surface area (Å²) in [5.41, 5.74) is 8.48. The third kappa shape index (κ3) is 2.02. The van der Waals surface area contributed by atoms with E-state index in [0.717, 1.165) is 11.3 Å². The van der Waals surface area contributed by atoms with Crippen LogP contribution in [0.15, 0.2) is 36.4 Å². The third-order valence-corrected chi connectivity index (χ3v) is 3.28. The molecule has 0 aliphatic carbocycles. The van der Waals surface area contributed by atoms with E-state index in [1.165, 1.54) is 0 Å². The first-order valence-corrected chi connectivity index (χ1v) is 6.41. The summed E-state index contributed by atoms with van der Waals surface area (Å²) in [7, 11) is 0. The van der Waals surface area contributed by atoms with Crippen molar-refractivity contribution in [3.05, 3.63) is 52.7 Å². The molecule has 3 N–H and O–H groups in total. The average Bonchev–Trinajstić information content (AvgIpc) is 2.84. The number of amidine groups is 1. The Morgan fingerprint density at radius 1 is 1.30 bits per heavy atom. The number of nitrogen functional groups attached to an aromatic ring is 1. The van der Waals surface area contributed by atoms with Crippen LogP contribution in [-0.4, -0.2) is 20.4 Å². The Kier molecular flexibility index (Phi) is 2.91. The van der Waals surface area contributed by atoms with Crippen molar-refractivity contribution in [2.75, 3.05) is 0 Å². The highest BCUT2D eigenvalue weighted by Crippen LogP contribution is 2.22. The molecule has 1 aromatic carbocycles. The number of rotatable bonds is 2. The van der Waals surface area contributed by atoms with E-state index in [9.17, 15) is 0 Å². The zero-order valence-corrected chi connectivity index (χ0v) is 11.5. The van der Waals surface area contributed by atoms with Gasteiger partial charge in [0.1, 0.15) is 5.84 Å². The fourth-order valence-corrected chi connectivity index (χ4v) is 2.23. The second-order valence-corrected chi connectivity index (χ2v) is 4.92. The quantitative estimate of drug-likeness (QED) is 0.561. The highest BCUT2D eigenvalue weighted by atomic mass is 35.5. The van der Waals surface area contributed by atoms with Crippen molar-refractivity contribution in [3.63, 3.8) is 0 Å². The normalized spacial score (nSPS) is 10.9. The molecule has 100 valence electrons. The second kappa shape index (κ2) is 4.61. The van der Waals surface area contributed by atoms with Gasteiger partial charge in [0.25, 0.3) is 0 Å². The number of hydrogen-bond acceptors (Lipinski definition) is 3. The standard InChI is InChI=1S/C14H12ClN5/c1-8-5-6-11(12(16)17)14-18-13(19-20(8)14)9-3-2-4-10(15)7-9/h2-7H,1H3,(H3,16,17).